The number of alkyl halides is 1. The number of nitrogens with two attached hydrogens (primary N) is 1. The third-order valence-corrected chi connectivity index (χ3v) is 1.61. The van der Waals surface area contributed by atoms with Crippen LogP contribution in [-0.2, 0) is 0 Å². The van der Waals surface area contributed by atoms with Crippen molar-refractivity contribution in [1.29, 1.82) is 0 Å². The lowest BCUT2D eigenvalue weighted by molar-refractivity contribution is 0.512. The minimum absolute atomic E-state index is 0.240. The van der Waals surface area contributed by atoms with E-state index in [9.17, 15) is 4.39 Å². The Hall–Kier alpha value is -1.23. The fraction of sp³-hybridized carbons (Fsp3) is 0.250. The molecular weight excluding hydrogens is 189 g/mol. The molecule has 3 N–H and O–H groups in total. The fourth-order valence-electron chi connectivity index (χ4n) is 0.846. The molecule has 1 heterocycles. The first-order valence-electron chi connectivity index (χ1n) is 3.80. The molecule has 3 nitrogen and oxygen atoms in total. The Morgan fingerprint density at radius 3 is 3.00 bits per heavy atom. The van der Waals surface area contributed by atoms with Gasteiger partial charge in [0.2, 0.25) is 0 Å². The number of aromatic nitrogens is 1. The molecule has 0 saturated heterocycles. The molecule has 70 valence electrons. The zero-order valence-electron chi connectivity index (χ0n) is 6.96. The Morgan fingerprint density at radius 2 is 2.38 bits per heavy atom. The Balaban J connectivity index is 2.73. The monoisotopic (exact) mass is 199 g/mol. The normalized spacial score (nSPS) is 9.62. The molecule has 0 aliphatic heterocycles. The summed E-state index contributed by atoms with van der Waals surface area (Å²) in [5.74, 6) is 0.586. The van der Waals surface area contributed by atoms with Gasteiger partial charge in [0.15, 0.2) is 0 Å². The van der Waals surface area contributed by atoms with Crippen LogP contribution in [0.3, 0.4) is 0 Å². The Kier molecular flexibility index (Phi) is 3.57. The number of halogens is 1. The van der Waals surface area contributed by atoms with Crippen molar-refractivity contribution >= 4 is 23.0 Å². The van der Waals surface area contributed by atoms with Crippen molar-refractivity contribution in [3.8, 4) is 0 Å². The van der Waals surface area contributed by atoms with Gasteiger partial charge in [0.25, 0.3) is 0 Å². The maximum absolute atomic E-state index is 11.8. The van der Waals surface area contributed by atoms with Crippen molar-refractivity contribution in [2.24, 2.45) is 5.73 Å². The summed E-state index contributed by atoms with van der Waals surface area (Å²) >= 11 is 4.75. The maximum Gasteiger partial charge on any atom is 0.126 e. The zero-order valence-corrected chi connectivity index (χ0v) is 7.77. The van der Waals surface area contributed by atoms with Crippen LogP contribution in [0.25, 0.3) is 0 Å². The van der Waals surface area contributed by atoms with E-state index in [1.807, 2.05) is 0 Å². The second kappa shape index (κ2) is 4.71. The van der Waals surface area contributed by atoms with Gasteiger partial charge < -0.3 is 11.1 Å². The van der Waals surface area contributed by atoms with Crippen LogP contribution in [0.1, 0.15) is 5.69 Å². The molecule has 1 rings (SSSR count). The van der Waals surface area contributed by atoms with Gasteiger partial charge in [-0.15, -0.1) is 0 Å². The van der Waals surface area contributed by atoms with E-state index in [-0.39, 0.29) is 11.5 Å². The molecule has 0 amide bonds. The summed E-state index contributed by atoms with van der Waals surface area (Å²) in [4.78, 5) is 4.31. The lowest BCUT2D eigenvalue weighted by atomic mass is 10.3. The van der Waals surface area contributed by atoms with Crippen molar-refractivity contribution in [3.05, 3.63) is 23.9 Å². The van der Waals surface area contributed by atoms with E-state index >= 15 is 0 Å². The number of nitrogens with zero attached hydrogens (tertiary/aromatic N) is 1. The second-order valence-electron chi connectivity index (χ2n) is 2.39. The Morgan fingerprint density at radius 1 is 1.62 bits per heavy atom. The lowest BCUT2D eigenvalue weighted by Crippen LogP contribution is -2.13. The Bertz CT molecular complexity index is 303. The summed E-state index contributed by atoms with van der Waals surface area (Å²) in [6.07, 6.45) is 0. The van der Waals surface area contributed by atoms with Crippen molar-refractivity contribution in [2.75, 3.05) is 18.5 Å². The first kappa shape index (κ1) is 9.85. The molecule has 0 saturated carbocycles. The molecule has 0 spiro atoms. The number of hydrogen-bond acceptors (Lipinski definition) is 3. The summed E-state index contributed by atoms with van der Waals surface area (Å²) in [5, 5.41) is 2.79. The highest BCUT2D eigenvalue weighted by Crippen LogP contribution is 2.03. The molecular formula is C8H10FN3S. The number of thiocarbonyl (C=S) groups is 1. The van der Waals surface area contributed by atoms with Gasteiger partial charge in [-0.2, -0.15) is 0 Å². The van der Waals surface area contributed by atoms with Crippen LogP contribution in [0, 0.1) is 0 Å². The molecule has 0 unspecified atom stereocenters. The largest absolute Gasteiger partial charge is 0.388 e. The molecule has 0 fully saturated rings. The van der Waals surface area contributed by atoms with Gasteiger partial charge in [-0.25, -0.2) is 9.37 Å². The van der Waals surface area contributed by atoms with E-state index in [4.69, 9.17) is 18.0 Å². The van der Waals surface area contributed by atoms with Gasteiger partial charge in [0.05, 0.1) is 5.69 Å². The average Bonchev–Trinajstić information content (AvgIpc) is 2.15. The molecule has 13 heavy (non-hydrogen) atoms. The number of pyridine rings is 1. The van der Waals surface area contributed by atoms with Crippen molar-refractivity contribution in [2.45, 2.75) is 0 Å². The zero-order chi connectivity index (χ0) is 9.68. The number of nitrogens with one attached hydrogen (secondary N) is 1. The number of anilines is 1. The SMILES string of the molecule is NC(=S)c1cccc(NCCF)n1. The predicted molar refractivity (Wildman–Crippen MR) is 54.6 cm³/mol. The van der Waals surface area contributed by atoms with Gasteiger partial charge in [0, 0.05) is 6.54 Å². The highest BCUT2D eigenvalue weighted by Gasteiger charge is 1.98. The molecule has 0 aromatic carbocycles. The summed E-state index contributed by atoms with van der Waals surface area (Å²) in [5.41, 5.74) is 5.92. The predicted octanol–water partition coefficient (Wildman–Crippen LogP) is 1.10. The molecule has 5 heteroatoms. The van der Waals surface area contributed by atoms with Crippen LogP contribution in [0.5, 0.6) is 0 Å². The van der Waals surface area contributed by atoms with Gasteiger partial charge in [0.1, 0.15) is 17.5 Å². The second-order valence-corrected chi connectivity index (χ2v) is 2.83. The van der Waals surface area contributed by atoms with E-state index in [0.29, 0.717) is 11.5 Å². The summed E-state index contributed by atoms with van der Waals surface area (Å²) in [6, 6.07) is 5.21. The smallest absolute Gasteiger partial charge is 0.126 e. The highest BCUT2D eigenvalue weighted by atomic mass is 32.1. The molecule has 1 aromatic rings. The standard InChI is InChI=1S/C8H10FN3S/c9-4-5-11-7-3-1-2-6(12-7)8(10)13/h1-3H,4-5H2,(H2,10,13)(H,11,12). The van der Waals surface area contributed by atoms with Gasteiger partial charge >= 0.3 is 0 Å². The van der Waals surface area contributed by atoms with Crippen LogP contribution in [0.2, 0.25) is 0 Å². The summed E-state index contributed by atoms with van der Waals surface area (Å²) in [6.45, 7) is -0.188. The third kappa shape index (κ3) is 2.95. The van der Waals surface area contributed by atoms with E-state index in [2.05, 4.69) is 10.3 Å². The van der Waals surface area contributed by atoms with E-state index in [0.717, 1.165) is 0 Å². The van der Waals surface area contributed by atoms with Crippen molar-refractivity contribution in [1.82, 2.24) is 4.98 Å². The summed E-state index contributed by atoms with van der Waals surface area (Å²) < 4.78 is 11.8. The minimum atomic E-state index is -0.432. The molecule has 0 bridgehead atoms. The van der Waals surface area contributed by atoms with Crippen LogP contribution >= 0.6 is 12.2 Å². The van der Waals surface area contributed by atoms with Gasteiger partial charge in [-0.05, 0) is 12.1 Å². The van der Waals surface area contributed by atoms with Crippen molar-refractivity contribution < 1.29 is 4.39 Å². The van der Waals surface area contributed by atoms with E-state index in [1.165, 1.54) is 0 Å². The average molecular weight is 199 g/mol. The molecule has 0 aliphatic carbocycles. The van der Waals surface area contributed by atoms with Crippen LogP contribution < -0.4 is 11.1 Å². The van der Waals surface area contributed by atoms with Crippen LogP contribution in [0.15, 0.2) is 18.2 Å². The number of rotatable bonds is 4. The quantitative estimate of drug-likeness (QED) is 0.713. The lowest BCUT2D eigenvalue weighted by Gasteiger charge is -2.03. The minimum Gasteiger partial charge on any atom is -0.388 e. The number of hydrogen-bond donors (Lipinski definition) is 2. The molecule has 0 aliphatic rings. The molecule has 1 aromatic heterocycles. The topological polar surface area (TPSA) is 50.9 Å². The third-order valence-electron chi connectivity index (χ3n) is 1.40. The first-order valence-corrected chi connectivity index (χ1v) is 4.21. The first-order chi connectivity index (χ1) is 6.24. The maximum atomic E-state index is 11.8. The highest BCUT2D eigenvalue weighted by molar-refractivity contribution is 7.80. The van der Waals surface area contributed by atoms with Gasteiger partial charge in [-0.1, -0.05) is 18.3 Å². The van der Waals surface area contributed by atoms with Gasteiger partial charge in [-0.3, -0.25) is 0 Å². The molecule has 0 radical (unpaired) electrons. The van der Waals surface area contributed by atoms with Crippen LogP contribution in [0.4, 0.5) is 10.2 Å². The van der Waals surface area contributed by atoms with Crippen molar-refractivity contribution in [3.63, 3.8) is 0 Å². The fourth-order valence-corrected chi connectivity index (χ4v) is 0.959. The van der Waals surface area contributed by atoms with Crippen LogP contribution in [-0.4, -0.2) is 23.2 Å². The van der Waals surface area contributed by atoms with E-state index < -0.39 is 6.67 Å². The molecule has 0 atom stereocenters. The Labute approximate surface area is 81.2 Å². The van der Waals surface area contributed by atoms with E-state index in [1.54, 1.807) is 18.2 Å². The summed E-state index contributed by atoms with van der Waals surface area (Å²) in [7, 11) is 0.